The molecule has 0 bridgehead atoms. The lowest BCUT2D eigenvalue weighted by Gasteiger charge is -2.11. The molecule has 3 rings (SSSR count). The zero-order valence-electron chi connectivity index (χ0n) is 12.7. The van der Waals surface area contributed by atoms with Crippen LogP contribution in [-0.2, 0) is 7.05 Å². The molecule has 0 amide bonds. The summed E-state index contributed by atoms with van der Waals surface area (Å²) in [6, 6.07) is 4.77. The van der Waals surface area contributed by atoms with E-state index >= 15 is 0 Å². The van der Waals surface area contributed by atoms with Crippen LogP contribution in [0.25, 0.3) is 22.6 Å². The third kappa shape index (κ3) is 3.30. The molecule has 0 spiro atoms. The van der Waals surface area contributed by atoms with E-state index in [2.05, 4.69) is 14.7 Å². The van der Waals surface area contributed by atoms with E-state index in [1.54, 1.807) is 0 Å². The predicted octanol–water partition coefficient (Wildman–Crippen LogP) is 4.68. The lowest BCUT2D eigenvalue weighted by Crippen LogP contribution is -2.06. The molecular formula is C16H10ClF4N3O. The normalized spacial score (nSPS) is 11.2. The largest absolute Gasteiger partial charge is 0.416 e. The number of halogens is 5. The number of hydrogen-bond acceptors (Lipinski definition) is 3. The first-order chi connectivity index (χ1) is 11.9. The standard InChI is InChI=1S/C16H10ClF4N3O/c1-24-12(9-5-8(17)6-23-15(9)25-16(20)21)7-22-14(24)13-10(18)3-2-4-11(13)19/h2-7,16H,1H3. The van der Waals surface area contributed by atoms with Crippen molar-refractivity contribution in [1.29, 1.82) is 0 Å². The van der Waals surface area contributed by atoms with Crippen molar-refractivity contribution in [1.82, 2.24) is 14.5 Å². The smallest absolute Gasteiger partial charge is 0.388 e. The van der Waals surface area contributed by atoms with Gasteiger partial charge in [0.1, 0.15) is 17.5 Å². The Morgan fingerprint density at radius 2 is 1.80 bits per heavy atom. The Morgan fingerprint density at radius 3 is 2.44 bits per heavy atom. The summed E-state index contributed by atoms with van der Waals surface area (Å²) in [4.78, 5) is 7.73. The maximum absolute atomic E-state index is 14.0. The number of hydrogen-bond donors (Lipinski definition) is 0. The molecule has 0 saturated carbocycles. The van der Waals surface area contributed by atoms with Gasteiger partial charge >= 0.3 is 6.61 Å². The zero-order chi connectivity index (χ0) is 18.1. The third-order valence-corrected chi connectivity index (χ3v) is 3.68. The Kier molecular flexibility index (Phi) is 4.63. The van der Waals surface area contributed by atoms with Crippen LogP contribution in [0, 0.1) is 11.6 Å². The molecule has 0 radical (unpaired) electrons. The SMILES string of the molecule is Cn1c(-c2cc(Cl)cnc2OC(F)F)cnc1-c1c(F)cccc1F. The van der Waals surface area contributed by atoms with Crippen molar-refractivity contribution in [2.45, 2.75) is 6.61 Å². The summed E-state index contributed by atoms with van der Waals surface area (Å²) < 4.78 is 58.9. The van der Waals surface area contributed by atoms with Crippen molar-refractivity contribution >= 4 is 11.6 Å². The van der Waals surface area contributed by atoms with E-state index in [0.29, 0.717) is 0 Å². The molecule has 25 heavy (non-hydrogen) atoms. The molecule has 2 aromatic heterocycles. The number of rotatable bonds is 4. The molecule has 0 fully saturated rings. The van der Waals surface area contributed by atoms with Crippen LogP contribution in [-0.4, -0.2) is 21.1 Å². The Morgan fingerprint density at radius 1 is 1.12 bits per heavy atom. The number of benzene rings is 1. The minimum atomic E-state index is -3.09. The molecule has 130 valence electrons. The predicted molar refractivity (Wildman–Crippen MR) is 83.4 cm³/mol. The maximum Gasteiger partial charge on any atom is 0.388 e. The number of ether oxygens (including phenoxy) is 1. The lowest BCUT2D eigenvalue weighted by molar-refractivity contribution is -0.0524. The van der Waals surface area contributed by atoms with Gasteiger partial charge in [0.2, 0.25) is 5.88 Å². The van der Waals surface area contributed by atoms with Crippen LogP contribution in [0.4, 0.5) is 17.6 Å². The highest BCUT2D eigenvalue weighted by Gasteiger charge is 2.21. The highest BCUT2D eigenvalue weighted by molar-refractivity contribution is 6.30. The summed E-state index contributed by atoms with van der Waals surface area (Å²) in [6.45, 7) is -3.09. The molecule has 0 aliphatic heterocycles. The van der Waals surface area contributed by atoms with Gasteiger partial charge in [0, 0.05) is 13.2 Å². The second-order valence-corrected chi connectivity index (χ2v) is 5.44. The monoisotopic (exact) mass is 371 g/mol. The van der Waals surface area contributed by atoms with Gasteiger partial charge in [0.15, 0.2) is 0 Å². The zero-order valence-corrected chi connectivity index (χ0v) is 13.4. The average molecular weight is 372 g/mol. The fraction of sp³-hybridized carbons (Fsp3) is 0.125. The molecule has 0 saturated heterocycles. The van der Waals surface area contributed by atoms with Crippen molar-refractivity contribution in [3.63, 3.8) is 0 Å². The van der Waals surface area contributed by atoms with E-state index in [4.69, 9.17) is 11.6 Å². The van der Waals surface area contributed by atoms with E-state index in [0.717, 1.165) is 18.3 Å². The molecule has 3 aromatic rings. The molecule has 9 heteroatoms. The van der Waals surface area contributed by atoms with E-state index in [-0.39, 0.29) is 33.5 Å². The second kappa shape index (κ2) is 6.72. The van der Waals surface area contributed by atoms with E-state index in [1.807, 2.05) is 0 Å². The molecule has 4 nitrogen and oxygen atoms in total. The van der Waals surface area contributed by atoms with E-state index < -0.39 is 18.2 Å². The van der Waals surface area contributed by atoms with Crippen LogP contribution < -0.4 is 4.74 Å². The third-order valence-electron chi connectivity index (χ3n) is 3.47. The van der Waals surface area contributed by atoms with Gasteiger partial charge in [0.25, 0.3) is 0 Å². The fourth-order valence-corrected chi connectivity index (χ4v) is 2.55. The number of alkyl halides is 2. The minimum Gasteiger partial charge on any atom is -0.416 e. The van der Waals surface area contributed by atoms with Crippen molar-refractivity contribution in [3.05, 3.63) is 53.3 Å². The van der Waals surface area contributed by atoms with Crippen LogP contribution >= 0.6 is 11.6 Å². The fourth-order valence-electron chi connectivity index (χ4n) is 2.39. The van der Waals surface area contributed by atoms with E-state index in [9.17, 15) is 17.6 Å². The summed E-state index contributed by atoms with van der Waals surface area (Å²) in [5.41, 5.74) is 0.0386. The van der Waals surface area contributed by atoms with Gasteiger partial charge in [-0.25, -0.2) is 18.7 Å². The topological polar surface area (TPSA) is 39.9 Å². The lowest BCUT2D eigenvalue weighted by atomic mass is 10.1. The number of imidazole rings is 1. The number of nitrogens with zero attached hydrogens (tertiary/aromatic N) is 3. The number of pyridine rings is 1. The van der Waals surface area contributed by atoms with Crippen LogP contribution in [0.2, 0.25) is 5.02 Å². The van der Waals surface area contributed by atoms with Gasteiger partial charge in [-0.15, -0.1) is 0 Å². The molecular weight excluding hydrogens is 362 g/mol. The van der Waals surface area contributed by atoms with Gasteiger partial charge in [-0.3, -0.25) is 0 Å². The Hall–Kier alpha value is -2.61. The van der Waals surface area contributed by atoms with Crippen LogP contribution in [0.3, 0.4) is 0 Å². The van der Waals surface area contributed by atoms with Crippen molar-refractivity contribution < 1.29 is 22.3 Å². The second-order valence-electron chi connectivity index (χ2n) is 5.01. The quantitative estimate of drug-likeness (QED) is 0.625. The summed E-state index contributed by atoms with van der Waals surface area (Å²) >= 11 is 5.87. The van der Waals surface area contributed by atoms with Crippen molar-refractivity contribution in [2.24, 2.45) is 7.05 Å². The highest BCUT2D eigenvalue weighted by Crippen LogP contribution is 2.34. The van der Waals surface area contributed by atoms with Crippen LogP contribution in [0.15, 0.2) is 36.7 Å². The molecule has 0 N–H and O–H groups in total. The maximum atomic E-state index is 14.0. The van der Waals surface area contributed by atoms with Gasteiger partial charge in [-0.05, 0) is 18.2 Å². The molecule has 0 unspecified atom stereocenters. The van der Waals surface area contributed by atoms with E-state index in [1.165, 1.54) is 29.9 Å². The van der Waals surface area contributed by atoms with Gasteiger partial charge in [-0.1, -0.05) is 17.7 Å². The Bertz CT molecular complexity index is 909. The summed E-state index contributed by atoms with van der Waals surface area (Å²) in [5.74, 6) is -1.99. The first-order valence-corrected chi connectivity index (χ1v) is 7.33. The molecule has 2 heterocycles. The average Bonchev–Trinajstić information content (AvgIpc) is 2.90. The Labute approximate surface area is 144 Å². The first-order valence-electron chi connectivity index (χ1n) is 6.95. The van der Waals surface area contributed by atoms with Crippen molar-refractivity contribution in [2.75, 3.05) is 0 Å². The van der Waals surface area contributed by atoms with Crippen LogP contribution in [0.5, 0.6) is 5.88 Å². The van der Waals surface area contributed by atoms with Gasteiger partial charge < -0.3 is 9.30 Å². The van der Waals surface area contributed by atoms with Gasteiger partial charge in [0.05, 0.1) is 28.0 Å². The first kappa shape index (κ1) is 17.2. The summed E-state index contributed by atoms with van der Waals surface area (Å²) in [6.07, 6.45) is 2.42. The summed E-state index contributed by atoms with van der Waals surface area (Å²) in [5, 5.41) is 0.177. The van der Waals surface area contributed by atoms with Gasteiger partial charge in [-0.2, -0.15) is 8.78 Å². The Balaban J connectivity index is 2.16. The van der Waals surface area contributed by atoms with Crippen LogP contribution in [0.1, 0.15) is 0 Å². The molecule has 0 aliphatic carbocycles. The number of aromatic nitrogens is 3. The van der Waals surface area contributed by atoms with Crippen molar-refractivity contribution in [3.8, 4) is 28.5 Å². The molecule has 1 aromatic carbocycles. The minimum absolute atomic E-state index is 0.0198. The summed E-state index contributed by atoms with van der Waals surface area (Å²) in [7, 11) is 1.48. The molecule has 0 aliphatic rings. The highest BCUT2D eigenvalue weighted by atomic mass is 35.5. The molecule has 0 atom stereocenters.